The van der Waals surface area contributed by atoms with Crippen LogP contribution in [-0.4, -0.2) is 36.2 Å². The van der Waals surface area contributed by atoms with Gasteiger partial charge in [0.05, 0.1) is 18.1 Å². The minimum absolute atomic E-state index is 0.0748. The molecule has 0 saturated carbocycles. The van der Waals surface area contributed by atoms with E-state index in [2.05, 4.69) is 0 Å². The van der Waals surface area contributed by atoms with Crippen LogP contribution in [-0.2, 0) is 0 Å². The van der Waals surface area contributed by atoms with Gasteiger partial charge < -0.3 is 10.0 Å². The van der Waals surface area contributed by atoms with Crippen LogP contribution in [0.2, 0.25) is 0 Å². The van der Waals surface area contributed by atoms with E-state index >= 15 is 0 Å². The van der Waals surface area contributed by atoms with E-state index in [1.165, 1.54) is 6.07 Å². The zero-order valence-corrected chi connectivity index (χ0v) is 9.84. The molecule has 0 aliphatic rings. The van der Waals surface area contributed by atoms with E-state index < -0.39 is 17.9 Å². The van der Waals surface area contributed by atoms with E-state index in [0.29, 0.717) is 5.56 Å². The molecule has 0 aromatic heterocycles. The van der Waals surface area contributed by atoms with Crippen LogP contribution >= 0.6 is 0 Å². The van der Waals surface area contributed by atoms with Crippen molar-refractivity contribution in [1.82, 2.24) is 0 Å². The number of anilines is 1. The largest absolute Gasteiger partial charge is 0.395 e. The van der Waals surface area contributed by atoms with Crippen LogP contribution in [0, 0.1) is 17.0 Å². The molecule has 1 aromatic rings. The summed E-state index contributed by atoms with van der Waals surface area (Å²) < 4.78 is 24.9. The fourth-order valence-electron chi connectivity index (χ4n) is 1.73. The number of aryl methyl sites for hydroxylation is 1. The van der Waals surface area contributed by atoms with Gasteiger partial charge in [0.2, 0.25) is 0 Å². The molecule has 0 aliphatic carbocycles. The lowest BCUT2D eigenvalue weighted by Gasteiger charge is -2.23. The number of aliphatic hydroxyl groups excluding tert-OH is 1. The van der Waals surface area contributed by atoms with Gasteiger partial charge in [-0.05, 0) is 13.0 Å². The Hall–Kier alpha value is -1.76. The third-order valence-corrected chi connectivity index (χ3v) is 2.47. The number of hydrogen-bond acceptors (Lipinski definition) is 4. The molecular formula is C11H14F2N2O3. The maximum Gasteiger partial charge on any atom is 0.295 e. The highest BCUT2D eigenvalue weighted by Crippen LogP contribution is 2.31. The van der Waals surface area contributed by atoms with Gasteiger partial charge in [0.15, 0.2) is 0 Å². The summed E-state index contributed by atoms with van der Waals surface area (Å²) in [5.41, 5.74) is 0.302. The number of halogens is 2. The molecule has 1 N–H and O–H groups in total. The summed E-state index contributed by atoms with van der Waals surface area (Å²) in [6, 6.07) is 4.51. The molecule has 0 amide bonds. The second kappa shape index (κ2) is 6.25. The monoisotopic (exact) mass is 260 g/mol. The molecule has 0 aliphatic heterocycles. The normalized spacial score (nSPS) is 10.7. The SMILES string of the molecule is Cc1cccc(N(CCO)CC(F)F)c1[N+](=O)[O-]. The maximum absolute atomic E-state index is 12.4. The molecule has 0 unspecified atom stereocenters. The lowest BCUT2D eigenvalue weighted by Crippen LogP contribution is -2.32. The zero-order chi connectivity index (χ0) is 13.7. The standard InChI is InChI=1S/C11H14F2N2O3/c1-8-3-2-4-9(11(8)15(17)18)14(5-6-16)7-10(12)13/h2-4,10,16H,5-7H2,1H3. The molecule has 0 fully saturated rings. The van der Waals surface area contributed by atoms with E-state index in [1.807, 2.05) is 0 Å². The topological polar surface area (TPSA) is 66.6 Å². The lowest BCUT2D eigenvalue weighted by atomic mass is 10.1. The summed E-state index contributed by atoms with van der Waals surface area (Å²) in [5.74, 6) is 0. The summed E-state index contributed by atoms with van der Waals surface area (Å²) in [7, 11) is 0. The highest BCUT2D eigenvalue weighted by Gasteiger charge is 2.23. The average Bonchev–Trinajstić information content (AvgIpc) is 2.27. The predicted molar refractivity (Wildman–Crippen MR) is 63.1 cm³/mol. The van der Waals surface area contributed by atoms with Crippen LogP contribution in [0.15, 0.2) is 18.2 Å². The Bertz CT molecular complexity index is 427. The van der Waals surface area contributed by atoms with Gasteiger partial charge >= 0.3 is 0 Å². The first kappa shape index (κ1) is 14.3. The summed E-state index contributed by atoms with van der Waals surface area (Å²) in [5, 5.41) is 19.8. The van der Waals surface area contributed by atoms with Crippen LogP contribution in [0.1, 0.15) is 5.56 Å². The van der Waals surface area contributed by atoms with Crippen molar-refractivity contribution in [2.45, 2.75) is 13.3 Å². The average molecular weight is 260 g/mol. The molecule has 1 rings (SSSR count). The van der Waals surface area contributed by atoms with E-state index in [1.54, 1.807) is 19.1 Å². The van der Waals surface area contributed by atoms with Gasteiger partial charge in [0.1, 0.15) is 5.69 Å². The number of rotatable bonds is 6. The van der Waals surface area contributed by atoms with Crippen molar-refractivity contribution in [3.05, 3.63) is 33.9 Å². The number of nitro benzene ring substituents is 1. The van der Waals surface area contributed by atoms with E-state index in [9.17, 15) is 18.9 Å². The molecule has 0 radical (unpaired) electrons. The third-order valence-electron chi connectivity index (χ3n) is 2.47. The third kappa shape index (κ3) is 3.36. The summed E-state index contributed by atoms with van der Waals surface area (Å²) in [6.07, 6.45) is -2.63. The van der Waals surface area contributed by atoms with Gasteiger partial charge in [0, 0.05) is 12.1 Å². The number of nitrogens with zero attached hydrogens (tertiary/aromatic N) is 2. The Labute approximate surface area is 103 Å². The predicted octanol–water partition coefficient (Wildman–Crippen LogP) is 1.97. The van der Waals surface area contributed by atoms with Crippen molar-refractivity contribution in [2.75, 3.05) is 24.6 Å². The number of alkyl halides is 2. The Balaban J connectivity index is 3.18. The number of hydrogen-bond donors (Lipinski definition) is 1. The van der Waals surface area contributed by atoms with Crippen molar-refractivity contribution in [3.63, 3.8) is 0 Å². The molecule has 1 aromatic carbocycles. The first-order chi connectivity index (χ1) is 8.47. The van der Waals surface area contributed by atoms with Gasteiger partial charge in [-0.2, -0.15) is 0 Å². The van der Waals surface area contributed by atoms with Gasteiger partial charge in [-0.1, -0.05) is 12.1 Å². The summed E-state index contributed by atoms with van der Waals surface area (Å²) >= 11 is 0. The van der Waals surface area contributed by atoms with E-state index in [0.717, 1.165) is 4.90 Å². The molecule has 0 bridgehead atoms. The Morgan fingerprint density at radius 2 is 2.17 bits per heavy atom. The highest BCUT2D eigenvalue weighted by atomic mass is 19.3. The van der Waals surface area contributed by atoms with E-state index in [-0.39, 0.29) is 24.5 Å². The molecule has 5 nitrogen and oxygen atoms in total. The van der Waals surface area contributed by atoms with Crippen molar-refractivity contribution in [1.29, 1.82) is 0 Å². The van der Waals surface area contributed by atoms with Crippen LogP contribution < -0.4 is 4.90 Å². The Morgan fingerprint density at radius 1 is 1.50 bits per heavy atom. The number of nitro groups is 1. The molecular weight excluding hydrogens is 246 g/mol. The van der Waals surface area contributed by atoms with Crippen LogP contribution in [0.3, 0.4) is 0 Å². The van der Waals surface area contributed by atoms with Crippen molar-refractivity contribution in [2.24, 2.45) is 0 Å². The fourth-order valence-corrected chi connectivity index (χ4v) is 1.73. The quantitative estimate of drug-likeness (QED) is 0.627. The van der Waals surface area contributed by atoms with Crippen molar-refractivity contribution in [3.8, 4) is 0 Å². The Morgan fingerprint density at radius 3 is 2.67 bits per heavy atom. The number of para-hydroxylation sites is 1. The van der Waals surface area contributed by atoms with Crippen LogP contribution in [0.25, 0.3) is 0 Å². The first-order valence-electron chi connectivity index (χ1n) is 5.35. The van der Waals surface area contributed by atoms with Crippen molar-refractivity contribution < 1.29 is 18.8 Å². The van der Waals surface area contributed by atoms with Gasteiger partial charge in [-0.3, -0.25) is 10.1 Å². The summed E-state index contributed by atoms with van der Waals surface area (Å²) in [6.45, 7) is 0.471. The molecule has 0 saturated heterocycles. The second-order valence-electron chi connectivity index (χ2n) is 3.76. The van der Waals surface area contributed by atoms with Gasteiger partial charge in [-0.15, -0.1) is 0 Å². The molecule has 7 heteroatoms. The second-order valence-corrected chi connectivity index (χ2v) is 3.76. The lowest BCUT2D eigenvalue weighted by molar-refractivity contribution is -0.384. The zero-order valence-electron chi connectivity index (χ0n) is 9.84. The summed E-state index contributed by atoms with van der Waals surface area (Å²) in [4.78, 5) is 11.5. The molecule has 0 atom stereocenters. The van der Waals surface area contributed by atoms with Gasteiger partial charge in [-0.25, -0.2) is 8.78 Å². The van der Waals surface area contributed by atoms with E-state index in [4.69, 9.17) is 5.11 Å². The first-order valence-corrected chi connectivity index (χ1v) is 5.35. The Kier molecular flexibility index (Phi) is 4.96. The molecule has 100 valence electrons. The smallest absolute Gasteiger partial charge is 0.295 e. The minimum atomic E-state index is -2.63. The van der Waals surface area contributed by atoms with Crippen LogP contribution in [0.5, 0.6) is 0 Å². The van der Waals surface area contributed by atoms with Gasteiger partial charge in [0.25, 0.3) is 12.1 Å². The highest BCUT2D eigenvalue weighted by molar-refractivity contribution is 5.66. The molecule has 0 spiro atoms. The maximum atomic E-state index is 12.4. The number of benzene rings is 1. The molecule has 0 heterocycles. The minimum Gasteiger partial charge on any atom is -0.395 e. The van der Waals surface area contributed by atoms with Crippen molar-refractivity contribution >= 4 is 11.4 Å². The number of aliphatic hydroxyl groups is 1. The van der Waals surface area contributed by atoms with Crippen LogP contribution in [0.4, 0.5) is 20.2 Å². The fraction of sp³-hybridized carbons (Fsp3) is 0.455. The molecule has 18 heavy (non-hydrogen) atoms.